The maximum Gasteiger partial charge on any atom is 0.275 e. The molecule has 24 heavy (non-hydrogen) atoms. The smallest absolute Gasteiger partial charge is 0.275 e. The lowest BCUT2D eigenvalue weighted by Crippen LogP contribution is -2.36. The quantitative estimate of drug-likeness (QED) is 0.935. The van der Waals surface area contributed by atoms with Crippen LogP contribution in [-0.4, -0.2) is 42.2 Å². The molecule has 0 saturated carbocycles. The average Bonchev–Trinajstić information content (AvgIpc) is 2.63. The van der Waals surface area contributed by atoms with Crippen LogP contribution in [-0.2, 0) is 4.74 Å². The Bertz CT molecular complexity index is 677. The summed E-state index contributed by atoms with van der Waals surface area (Å²) < 4.78 is 5.32. The number of ether oxygens (including phenoxy) is 1. The average molecular weight is 326 g/mol. The van der Waals surface area contributed by atoms with Crippen LogP contribution in [0.15, 0.2) is 36.7 Å². The summed E-state index contributed by atoms with van der Waals surface area (Å²) in [6.07, 6.45) is 3.16. The summed E-state index contributed by atoms with van der Waals surface area (Å²) >= 11 is 0. The molecule has 1 aliphatic heterocycles. The molecule has 1 saturated heterocycles. The van der Waals surface area contributed by atoms with E-state index in [1.807, 2.05) is 24.3 Å². The van der Waals surface area contributed by atoms with Gasteiger partial charge in [0.05, 0.1) is 25.6 Å². The van der Waals surface area contributed by atoms with Gasteiger partial charge in [0, 0.05) is 18.8 Å². The second-order valence-electron chi connectivity index (χ2n) is 6.09. The molecule has 6 nitrogen and oxygen atoms in total. The molecule has 1 aliphatic rings. The van der Waals surface area contributed by atoms with Gasteiger partial charge in [-0.05, 0) is 23.6 Å². The maximum absolute atomic E-state index is 12.3. The van der Waals surface area contributed by atoms with Crippen LogP contribution >= 0.6 is 0 Å². The van der Waals surface area contributed by atoms with Gasteiger partial charge in [-0.15, -0.1) is 0 Å². The van der Waals surface area contributed by atoms with Gasteiger partial charge in [-0.1, -0.05) is 26.0 Å². The Hall–Kier alpha value is -2.47. The zero-order chi connectivity index (χ0) is 16.9. The third-order valence-corrected chi connectivity index (χ3v) is 4.04. The normalized spacial score (nSPS) is 14.7. The fourth-order valence-corrected chi connectivity index (χ4v) is 2.54. The number of hydrogen-bond donors (Lipinski definition) is 1. The molecule has 1 aromatic heterocycles. The van der Waals surface area contributed by atoms with Crippen molar-refractivity contribution in [1.29, 1.82) is 0 Å². The van der Waals surface area contributed by atoms with Crippen molar-refractivity contribution in [3.05, 3.63) is 47.9 Å². The summed E-state index contributed by atoms with van der Waals surface area (Å²) in [6, 6.07) is 7.85. The lowest BCUT2D eigenvalue weighted by Gasteiger charge is -2.27. The number of nitrogens with one attached hydrogen (secondary N) is 1. The van der Waals surface area contributed by atoms with E-state index in [-0.39, 0.29) is 5.91 Å². The first kappa shape index (κ1) is 16.4. The van der Waals surface area contributed by atoms with Gasteiger partial charge >= 0.3 is 0 Å². The Morgan fingerprint density at radius 3 is 2.42 bits per heavy atom. The van der Waals surface area contributed by atoms with Gasteiger partial charge in [0.15, 0.2) is 0 Å². The van der Waals surface area contributed by atoms with E-state index in [1.54, 1.807) is 6.20 Å². The molecule has 3 rings (SSSR count). The van der Waals surface area contributed by atoms with Crippen molar-refractivity contribution in [2.24, 2.45) is 0 Å². The summed E-state index contributed by atoms with van der Waals surface area (Å²) in [5, 5.41) is 2.85. The number of morpholine rings is 1. The van der Waals surface area contributed by atoms with E-state index in [0.29, 0.717) is 24.8 Å². The first-order valence-electron chi connectivity index (χ1n) is 8.19. The highest BCUT2D eigenvalue weighted by Crippen LogP contribution is 2.18. The van der Waals surface area contributed by atoms with Crippen molar-refractivity contribution in [1.82, 2.24) is 9.97 Å². The standard InChI is InChI=1S/C18H22N4O2/c1-13(2)14-3-5-15(6-4-14)21-18(23)16-11-20-17(12-19-16)22-7-9-24-10-8-22/h3-6,11-13H,7-10H2,1-2H3,(H,21,23). The zero-order valence-electron chi connectivity index (χ0n) is 14.0. The van der Waals surface area contributed by atoms with Gasteiger partial charge in [-0.3, -0.25) is 4.79 Å². The van der Waals surface area contributed by atoms with Crippen LogP contribution in [0.1, 0.15) is 35.8 Å². The molecule has 1 N–H and O–H groups in total. The molecule has 0 bridgehead atoms. The van der Waals surface area contributed by atoms with Crippen molar-refractivity contribution in [2.75, 3.05) is 36.5 Å². The molecule has 6 heteroatoms. The van der Waals surface area contributed by atoms with E-state index >= 15 is 0 Å². The van der Waals surface area contributed by atoms with E-state index in [4.69, 9.17) is 4.74 Å². The van der Waals surface area contributed by atoms with E-state index in [9.17, 15) is 4.79 Å². The molecular weight excluding hydrogens is 304 g/mol. The van der Waals surface area contributed by atoms with Crippen molar-refractivity contribution >= 4 is 17.4 Å². The van der Waals surface area contributed by atoms with Crippen molar-refractivity contribution in [3.63, 3.8) is 0 Å². The third-order valence-electron chi connectivity index (χ3n) is 4.04. The zero-order valence-corrected chi connectivity index (χ0v) is 14.0. The fourth-order valence-electron chi connectivity index (χ4n) is 2.54. The number of carbonyl (C=O) groups excluding carboxylic acids is 1. The Morgan fingerprint density at radius 2 is 1.83 bits per heavy atom. The number of amides is 1. The number of hydrogen-bond acceptors (Lipinski definition) is 5. The number of aromatic nitrogens is 2. The minimum Gasteiger partial charge on any atom is -0.378 e. The number of nitrogens with zero attached hydrogens (tertiary/aromatic N) is 3. The Morgan fingerprint density at radius 1 is 1.12 bits per heavy atom. The predicted molar refractivity (Wildman–Crippen MR) is 93.5 cm³/mol. The van der Waals surface area contributed by atoms with Crippen LogP contribution < -0.4 is 10.2 Å². The van der Waals surface area contributed by atoms with E-state index in [2.05, 4.69) is 34.0 Å². The molecule has 0 radical (unpaired) electrons. The SMILES string of the molecule is CC(C)c1ccc(NC(=O)c2cnc(N3CCOCC3)cn2)cc1. The Labute approximate surface area is 141 Å². The fraction of sp³-hybridized carbons (Fsp3) is 0.389. The summed E-state index contributed by atoms with van der Waals surface area (Å²) in [5.41, 5.74) is 2.30. The molecule has 0 aliphatic carbocycles. The monoisotopic (exact) mass is 326 g/mol. The van der Waals surface area contributed by atoms with Crippen molar-refractivity contribution < 1.29 is 9.53 Å². The number of rotatable bonds is 4. The number of carbonyl (C=O) groups is 1. The Balaban J connectivity index is 1.64. The van der Waals surface area contributed by atoms with Crippen molar-refractivity contribution in [3.8, 4) is 0 Å². The van der Waals surface area contributed by atoms with Gasteiger partial charge in [-0.25, -0.2) is 9.97 Å². The molecule has 2 aromatic rings. The molecule has 1 aromatic carbocycles. The molecular formula is C18H22N4O2. The predicted octanol–water partition coefficient (Wildman–Crippen LogP) is 2.69. The van der Waals surface area contributed by atoms with E-state index in [0.717, 1.165) is 24.6 Å². The van der Waals surface area contributed by atoms with Gasteiger partial charge in [-0.2, -0.15) is 0 Å². The highest BCUT2D eigenvalue weighted by Gasteiger charge is 2.14. The van der Waals surface area contributed by atoms with Crippen LogP contribution in [0.25, 0.3) is 0 Å². The molecule has 0 unspecified atom stereocenters. The van der Waals surface area contributed by atoms with Crippen LogP contribution in [0.5, 0.6) is 0 Å². The molecule has 0 atom stereocenters. The van der Waals surface area contributed by atoms with Crippen LogP contribution in [0, 0.1) is 0 Å². The maximum atomic E-state index is 12.3. The second-order valence-corrected chi connectivity index (χ2v) is 6.09. The van der Waals surface area contributed by atoms with Crippen LogP contribution in [0.4, 0.5) is 11.5 Å². The minimum absolute atomic E-state index is 0.256. The first-order chi connectivity index (χ1) is 11.6. The first-order valence-corrected chi connectivity index (χ1v) is 8.19. The van der Waals surface area contributed by atoms with Gasteiger partial charge < -0.3 is 15.0 Å². The van der Waals surface area contributed by atoms with Crippen LogP contribution in [0.2, 0.25) is 0 Å². The topological polar surface area (TPSA) is 67.4 Å². The molecule has 0 spiro atoms. The van der Waals surface area contributed by atoms with Gasteiger partial charge in [0.25, 0.3) is 5.91 Å². The summed E-state index contributed by atoms with van der Waals surface area (Å²) in [4.78, 5) is 23.0. The number of anilines is 2. The number of benzene rings is 1. The minimum atomic E-state index is -0.256. The van der Waals surface area contributed by atoms with Crippen LogP contribution in [0.3, 0.4) is 0 Å². The summed E-state index contributed by atoms with van der Waals surface area (Å²) in [7, 11) is 0. The highest BCUT2D eigenvalue weighted by molar-refractivity contribution is 6.02. The summed E-state index contributed by atoms with van der Waals surface area (Å²) in [5.74, 6) is 0.984. The third kappa shape index (κ3) is 3.89. The second kappa shape index (κ2) is 7.40. The Kier molecular flexibility index (Phi) is 5.05. The lowest BCUT2D eigenvalue weighted by molar-refractivity contribution is 0.102. The lowest BCUT2D eigenvalue weighted by atomic mass is 10.0. The van der Waals surface area contributed by atoms with E-state index < -0.39 is 0 Å². The van der Waals surface area contributed by atoms with Gasteiger partial charge in [0.2, 0.25) is 0 Å². The molecule has 1 amide bonds. The van der Waals surface area contributed by atoms with Crippen molar-refractivity contribution in [2.45, 2.75) is 19.8 Å². The highest BCUT2D eigenvalue weighted by atomic mass is 16.5. The summed E-state index contributed by atoms with van der Waals surface area (Å²) in [6.45, 7) is 7.25. The molecule has 126 valence electrons. The molecule has 1 fully saturated rings. The molecule has 2 heterocycles. The van der Waals surface area contributed by atoms with E-state index in [1.165, 1.54) is 11.8 Å². The largest absolute Gasteiger partial charge is 0.378 e. The van der Waals surface area contributed by atoms with Gasteiger partial charge in [0.1, 0.15) is 11.5 Å².